The molecule has 1 heterocycles. The molecule has 1 aromatic heterocycles. The van der Waals surface area contributed by atoms with Crippen LogP contribution in [0.3, 0.4) is 0 Å². The van der Waals surface area contributed by atoms with Crippen LogP contribution < -0.4 is 5.73 Å². The van der Waals surface area contributed by atoms with Gasteiger partial charge in [-0.3, -0.25) is 0 Å². The van der Waals surface area contributed by atoms with Crippen LogP contribution in [0.1, 0.15) is 0 Å². The lowest BCUT2D eigenvalue weighted by Crippen LogP contribution is -1.83. The molecular formula is C8H6BrNO. The third-order valence-corrected chi connectivity index (χ3v) is 2.00. The van der Waals surface area contributed by atoms with Crippen LogP contribution in [-0.4, -0.2) is 0 Å². The normalized spacial score (nSPS) is 10.6. The smallest absolute Gasteiger partial charge is 0.156 e. The molecule has 2 nitrogen and oxygen atoms in total. The molecule has 0 aliphatic carbocycles. The molecule has 0 atom stereocenters. The fraction of sp³-hybridized carbons (Fsp3) is 0. The minimum atomic E-state index is 0.666. The fourth-order valence-corrected chi connectivity index (χ4v) is 1.57. The predicted octanol–water partition coefficient (Wildman–Crippen LogP) is 2.78. The van der Waals surface area contributed by atoms with E-state index in [1.807, 2.05) is 18.2 Å². The van der Waals surface area contributed by atoms with E-state index in [9.17, 15) is 0 Å². The standard InChI is InChI=1S/C8H6BrNO/c9-6-3-5-1-2-11-8(5)7(10)4-6/h1-4H,10H2. The average molecular weight is 212 g/mol. The highest BCUT2D eigenvalue weighted by atomic mass is 79.9. The van der Waals surface area contributed by atoms with Crippen molar-refractivity contribution in [2.24, 2.45) is 0 Å². The molecule has 3 heteroatoms. The summed E-state index contributed by atoms with van der Waals surface area (Å²) in [6.07, 6.45) is 1.63. The first-order valence-electron chi connectivity index (χ1n) is 3.19. The third-order valence-electron chi connectivity index (χ3n) is 1.54. The second-order valence-corrected chi connectivity index (χ2v) is 3.25. The van der Waals surface area contributed by atoms with E-state index in [4.69, 9.17) is 10.2 Å². The van der Waals surface area contributed by atoms with E-state index < -0.39 is 0 Å². The molecule has 56 valence electrons. The summed E-state index contributed by atoms with van der Waals surface area (Å²) in [5.74, 6) is 0. The monoisotopic (exact) mass is 211 g/mol. The lowest BCUT2D eigenvalue weighted by atomic mass is 10.2. The largest absolute Gasteiger partial charge is 0.462 e. The maximum absolute atomic E-state index is 5.68. The highest BCUT2D eigenvalue weighted by Gasteiger charge is 2.01. The van der Waals surface area contributed by atoms with Crippen LogP contribution >= 0.6 is 15.9 Å². The first kappa shape index (κ1) is 6.73. The first-order valence-corrected chi connectivity index (χ1v) is 3.99. The summed E-state index contributed by atoms with van der Waals surface area (Å²) in [5.41, 5.74) is 7.10. The van der Waals surface area contributed by atoms with Gasteiger partial charge in [-0.1, -0.05) is 15.9 Å². The molecule has 0 unspecified atom stereocenters. The maximum atomic E-state index is 5.68. The molecule has 2 N–H and O–H groups in total. The van der Waals surface area contributed by atoms with Crippen molar-refractivity contribution in [2.75, 3.05) is 5.73 Å². The Bertz CT molecular complexity index is 394. The first-order chi connectivity index (χ1) is 5.27. The Kier molecular flexibility index (Phi) is 1.39. The number of benzene rings is 1. The lowest BCUT2D eigenvalue weighted by Gasteiger charge is -1.94. The van der Waals surface area contributed by atoms with E-state index in [-0.39, 0.29) is 0 Å². The Morgan fingerprint density at radius 2 is 2.18 bits per heavy atom. The summed E-state index contributed by atoms with van der Waals surface area (Å²) in [4.78, 5) is 0. The van der Waals surface area contributed by atoms with Crippen molar-refractivity contribution in [1.29, 1.82) is 0 Å². The van der Waals surface area contributed by atoms with Gasteiger partial charge in [-0.2, -0.15) is 0 Å². The number of halogens is 1. The van der Waals surface area contributed by atoms with E-state index in [1.165, 1.54) is 0 Å². The van der Waals surface area contributed by atoms with Gasteiger partial charge in [0.05, 0.1) is 12.0 Å². The van der Waals surface area contributed by atoms with Crippen LogP contribution in [0, 0.1) is 0 Å². The van der Waals surface area contributed by atoms with Crippen LogP contribution in [0.4, 0.5) is 5.69 Å². The number of fused-ring (bicyclic) bond motifs is 1. The van der Waals surface area contributed by atoms with Gasteiger partial charge in [0.1, 0.15) is 0 Å². The van der Waals surface area contributed by atoms with Crippen LogP contribution in [0.25, 0.3) is 11.0 Å². The topological polar surface area (TPSA) is 39.2 Å². The van der Waals surface area contributed by atoms with Crippen LogP contribution in [0.2, 0.25) is 0 Å². The molecule has 2 rings (SSSR count). The second kappa shape index (κ2) is 2.27. The van der Waals surface area contributed by atoms with E-state index in [0.717, 1.165) is 15.4 Å². The number of hydrogen-bond acceptors (Lipinski definition) is 2. The molecule has 1 aromatic carbocycles. The van der Waals surface area contributed by atoms with Gasteiger partial charge in [-0.25, -0.2) is 0 Å². The molecule has 0 amide bonds. The summed E-state index contributed by atoms with van der Waals surface area (Å²) in [5, 5.41) is 1.02. The number of nitrogen functional groups attached to an aromatic ring is 1. The summed E-state index contributed by atoms with van der Waals surface area (Å²) >= 11 is 3.35. The third kappa shape index (κ3) is 1.01. The van der Waals surface area contributed by atoms with Crippen LogP contribution in [0.5, 0.6) is 0 Å². The lowest BCUT2D eigenvalue weighted by molar-refractivity contribution is 0.617. The van der Waals surface area contributed by atoms with Crippen molar-refractivity contribution in [1.82, 2.24) is 0 Å². The van der Waals surface area contributed by atoms with Gasteiger partial charge < -0.3 is 10.2 Å². The highest BCUT2D eigenvalue weighted by molar-refractivity contribution is 9.10. The minimum Gasteiger partial charge on any atom is -0.462 e. The Hall–Kier alpha value is -0.960. The predicted molar refractivity (Wildman–Crippen MR) is 48.3 cm³/mol. The Morgan fingerprint density at radius 1 is 1.36 bits per heavy atom. The molecule has 0 fully saturated rings. The molecule has 0 saturated heterocycles. The van der Waals surface area contributed by atoms with E-state index in [1.54, 1.807) is 6.26 Å². The average Bonchev–Trinajstić information content (AvgIpc) is 2.34. The molecule has 0 aliphatic heterocycles. The molecule has 0 radical (unpaired) electrons. The minimum absolute atomic E-state index is 0.666. The fourth-order valence-electron chi connectivity index (χ4n) is 1.07. The van der Waals surface area contributed by atoms with Crippen molar-refractivity contribution < 1.29 is 4.42 Å². The SMILES string of the molecule is Nc1cc(Br)cc2ccoc12. The number of furan rings is 1. The zero-order valence-electron chi connectivity index (χ0n) is 5.67. The van der Waals surface area contributed by atoms with E-state index in [0.29, 0.717) is 5.69 Å². The van der Waals surface area contributed by atoms with Crippen molar-refractivity contribution in [3.05, 3.63) is 28.9 Å². The van der Waals surface area contributed by atoms with Crippen LogP contribution in [-0.2, 0) is 0 Å². The van der Waals surface area contributed by atoms with E-state index in [2.05, 4.69) is 15.9 Å². The van der Waals surface area contributed by atoms with Gasteiger partial charge in [0.2, 0.25) is 0 Å². The molecule has 11 heavy (non-hydrogen) atoms. The molecule has 0 bridgehead atoms. The molecular weight excluding hydrogens is 206 g/mol. The molecule has 0 aliphatic rings. The van der Waals surface area contributed by atoms with Crippen molar-refractivity contribution in [3.63, 3.8) is 0 Å². The number of anilines is 1. The zero-order chi connectivity index (χ0) is 7.84. The quantitative estimate of drug-likeness (QED) is 0.682. The second-order valence-electron chi connectivity index (χ2n) is 2.33. The van der Waals surface area contributed by atoms with Gasteiger partial charge in [-0.15, -0.1) is 0 Å². The van der Waals surface area contributed by atoms with Gasteiger partial charge >= 0.3 is 0 Å². The van der Waals surface area contributed by atoms with Crippen molar-refractivity contribution >= 4 is 32.6 Å². The molecule has 0 spiro atoms. The van der Waals surface area contributed by atoms with Gasteiger partial charge in [-0.05, 0) is 18.2 Å². The maximum Gasteiger partial charge on any atom is 0.156 e. The van der Waals surface area contributed by atoms with Gasteiger partial charge in [0.15, 0.2) is 5.58 Å². The van der Waals surface area contributed by atoms with Gasteiger partial charge in [0, 0.05) is 9.86 Å². The van der Waals surface area contributed by atoms with Gasteiger partial charge in [0.25, 0.3) is 0 Å². The highest BCUT2D eigenvalue weighted by Crippen LogP contribution is 2.26. The zero-order valence-corrected chi connectivity index (χ0v) is 7.26. The molecule has 2 aromatic rings. The molecule has 0 saturated carbocycles. The Morgan fingerprint density at radius 3 is 3.00 bits per heavy atom. The number of nitrogens with two attached hydrogens (primary N) is 1. The summed E-state index contributed by atoms with van der Waals surface area (Å²) in [6, 6.07) is 5.68. The summed E-state index contributed by atoms with van der Waals surface area (Å²) < 4.78 is 6.13. The van der Waals surface area contributed by atoms with Crippen LogP contribution in [0.15, 0.2) is 33.4 Å². The van der Waals surface area contributed by atoms with Crippen molar-refractivity contribution in [2.45, 2.75) is 0 Å². The Labute approximate surface area is 72.1 Å². The summed E-state index contributed by atoms with van der Waals surface area (Å²) in [6.45, 7) is 0. The Balaban J connectivity index is 2.91. The van der Waals surface area contributed by atoms with Crippen molar-refractivity contribution in [3.8, 4) is 0 Å². The number of rotatable bonds is 0. The van der Waals surface area contributed by atoms with E-state index >= 15 is 0 Å². The number of hydrogen-bond donors (Lipinski definition) is 1. The summed E-state index contributed by atoms with van der Waals surface area (Å²) in [7, 11) is 0.